The second kappa shape index (κ2) is 5.10. The Kier molecular flexibility index (Phi) is 3.49. The lowest BCUT2D eigenvalue weighted by molar-refractivity contribution is -0.217. The minimum atomic E-state index is -1.15. The maximum atomic E-state index is 12.5. The van der Waals surface area contributed by atoms with Crippen molar-refractivity contribution in [2.75, 3.05) is 27.4 Å². The van der Waals surface area contributed by atoms with E-state index >= 15 is 0 Å². The largest absolute Gasteiger partial charge is 0.468 e. The van der Waals surface area contributed by atoms with E-state index in [1.807, 2.05) is 6.08 Å². The molecule has 0 aromatic carbocycles. The van der Waals surface area contributed by atoms with Crippen molar-refractivity contribution in [1.82, 2.24) is 4.98 Å². The van der Waals surface area contributed by atoms with Crippen molar-refractivity contribution in [3.8, 4) is 5.95 Å². The number of rotatable bonds is 3. The summed E-state index contributed by atoms with van der Waals surface area (Å²) in [5.74, 6) is -0.881. The van der Waals surface area contributed by atoms with Crippen molar-refractivity contribution in [2.45, 2.75) is 26.1 Å². The fourth-order valence-corrected chi connectivity index (χ4v) is 3.17. The minimum Gasteiger partial charge on any atom is -0.468 e. The van der Waals surface area contributed by atoms with Crippen molar-refractivity contribution >= 4 is 11.5 Å². The van der Waals surface area contributed by atoms with Gasteiger partial charge in [-0.2, -0.15) is 0 Å². The van der Waals surface area contributed by atoms with Gasteiger partial charge in [-0.15, -0.1) is 0 Å². The number of nitrogens with zero attached hydrogens (tertiary/aromatic N) is 1. The van der Waals surface area contributed by atoms with E-state index in [-0.39, 0.29) is 0 Å². The molecule has 3 rings (SSSR count). The molecule has 2 heterocycles. The van der Waals surface area contributed by atoms with Gasteiger partial charge in [-0.25, -0.2) is 4.98 Å². The molecule has 1 aromatic heterocycles. The minimum absolute atomic E-state index is 0.317. The SMILES string of the molecule is COC(=O)C1(C)C(c2nc(C)c(OC)o2)=CCC12OCCO2. The number of aromatic nitrogens is 1. The molecule has 1 atom stereocenters. The molecule has 1 aliphatic heterocycles. The van der Waals surface area contributed by atoms with Gasteiger partial charge in [0.05, 0.1) is 27.4 Å². The van der Waals surface area contributed by atoms with E-state index in [9.17, 15) is 4.79 Å². The molecule has 0 N–H and O–H groups in total. The third-order valence-corrected chi connectivity index (χ3v) is 4.39. The summed E-state index contributed by atoms with van der Waals surface area (Å²) in [5, 5.41) is 0. The molecule has 1 aromatic rings. The monoisotopic (exact) mass is 309 g/mol. The smallest absolute Gasteiger partial charge is 0.321 e. The number of carbonyl (C=O) groups is 1. The summed E-state index contributed by atoms with van der Waals surface area (Å²) in [4.78, 5) is 16.9. The van der Waals surface area contributed by atoms with Crippen molar-refractivity contribution in [3.63, 3.8) is 0 Å². The van der Waals surface area contributed by atoms with Gasteiger partial charge in [0.2, 0.25) is 5.89 Å². The van der Waals surface area contributed by atoms with Gasteiger partial charge in [0.15, 0.2) is 5.79 Å². The number of esters is 1. The molecule has 0 saturated carbocycles. The van der Waals surface area contributed by atoms with Crippen LogP contribution in [0, 0.1) is 12.3 Å². The van der Waals surface area contributed by atoms with Crippen LogP contribution in [0.4, 0.5) is 0 Å². The molecule has 1 spiro atoms. The van der Waals surface area contributed by atoms with Gasteiger partial charge in [-0.3, -0.25) is 4.79 Å². The van der Waals surface area contributed by atoms with Crippen molar-refractivity contribution in [2.24, 2.45) is 5.41 Å². The lowest BCUT2D eigenvalue weighted by Crippen LogP contribution is -2.50. The Morgan fingerprint density at radius 3 is 2.55 bits per heavy atom. The average Bonchev–Trinajstić information content (AvgIpc) is 3.20. The highest BCUT2D eigenvalue weighted by atomic mass is 16.7. The summed E-state index contributed by atoms with van der Waals surface area (Å²) in [7, 11) is 2.85. The maximum Gasteiger partial charge on any atom is 0.321 e. The molecule has 1 fully saturated rings. The fraction of sp³-hybridized carbons (Fsp3) is 0.600. The summed E-state index contributed by atoms with van der Waals surface area (Å²) in [6.45, 7) is 4.37. The third kappa shape index (κ3) is 1.82. The van der Waals surface area contributed by atoms with Crippen LogP contribution in [-0.4, -0.2) is 44.2 Å². The van der Waals surface area contributed by atoms with Gasteiger partial charge in [0.1, 0.15) is 11.1 Å². The fourth-order valence-electron chi connectivity index (χ4n) is 3.17. The van der Waals surface area contributed by atoms with Crippen molar-refractivity contribution in [1.29, 1.82) is 0 Å². The molecular weight excluding hydrogens is 290 g/mol. The highest BCUT2D eigenvalue weighted by Gasteiger charge is 2.64. The molecule has 7 heteroatoms. The first-order chi connectivity index (χ1) is 10.5. The second-order valence-corrected chi connectivity index (χ2v) is 5.48. The molecule has 0 radical (unpaired) electrons. The van der Waals surface area contributed by atoms with Gasteiger partial charge in [-0.05, 0) is 13.8 Å². The highest BCUT2D eigenvalue weighted by molar-refractivity contribution is 5.94. The second-order valence-electron chi connectivity index (χ2n) is 5.48. The number of carbonyl (C=O) groups excluding carboxylic acids is 1. The van der Waals surface area contributed by atoms with E-state index in [0.717, 1.165) is 0 Å². The normalized spacial score (nSPS) is 26.3. The van der Waals surface area contributed by atoms with E-state index in [0.29, 0.717) is 42.7 Å². The Bertz CT molecular complexity index is 628. The lowest BCUT2D eigenvalue weighted by atomic mass is 9.78. The van der Waals surface area contributed by atoms with Gasteiger partial charge < -0.3 is 23.4 Å². The van der Waals surface area contributed by atoms with Crippen LogP contribution < -0.4 is 4.74 Å². The average molecular weight is 309 g/mol. The van der Waals surface area contributed by atoms with Gasteiger partial charge in [0.25, 0.3) is 0 Å². The first kappa shape index (κ1) is 15.1. The van der Waals surface area contributed by atoms with Gasteiger partial charge in [0, 0.05) is 12.0 Å². The molecule has 0 amide bonds. The van der Waals surface area contributed by atoms with Crippen LogP contribution in [0.1, 0.15) is 24.9 Å². The first-order valence-electron chi connectivity index (χ1n) is 7.07. The van der Waals surface area contributed by atoms with Crippen molar-refractivity contribution in [3.05, 3.63) is 17.7 Å². The summed E-state index contributed by atoms with van der Waals surface area (Å²) in [5.41, 5.74) is 0.0491. The van der Waals surface area contributed by atoms with E-state index in [4.69, 9.17) is 23.4 Å². The maximum absolute atomic E-state index is 12.5. The summed E-state index contributed by atoms with van der Waals surface area (Å²) in [6.07, 6.45) is 2.28. The molecule has 0 bridgehead atoms. The van der Waals surface area contributed by atoms with Crippen LogP contribution in [0.2, 0.25) is 0 Å². The van der Waals surface area contributed by atoms with Crippen molar-refractivity contribution < 1.29 is 28.2 Å². The van der Waals surface area contributed by atoms with Crippen LogP contribution in [-0.2, 0) is 19.0 Å². The van der Waals surface area contributed by atoms with Crippen LogP contribution in [0.15, 0.2) is 10.5 Å². The quantitative estimate of drug-likeness (QED) is 0.786. The van der Waals surface area contributed by atoms with E-state index < -0.39 is 17.2 Å². The van der Waals surface area contributed by atoms with E-state index in [1.54, 1.807) is 13.8 Å². The number of hydrogen-bond donors (Lipinski definition) is 0. The molecule has 120 valence electrons. The number of oxazole rings is 1. The predicted molar refractivity (Wildman–Crippen MR) is 75.1 cm³/mol. The molecular formula is C15H19NO6. The molecule has 22 heavy (non-hydrogen) atoms. The predicted octanol–water partition coefficient (Wildman–Crippen LogP) is 1.70. The van der Waals surface area contributed by atoms with Crippen LogP contribution in [0.25, 0.3) is 5.57 Å². The molecule has 1 saturated heterocycles. The highest BCUT2D eigenvalue weighted by Crippen LogP contribution is 2.55. The summed E-state index contributed by atoms with van der Waals surface area (Å²) >= 11 is 0. The lowest BCUT2D eigenvalue weighted by Gasteiger charge is -2.37. The van der Waals surface area contributed by atoms with E-state index in [1.165, 1.54) is 14.2 Å². The zero-order chi connectivity index (χ0) is 16.0. The third-order valence-electron chi connectivity index (χ3n) is 4.39. The Labute approximate surface area is 128 Å². The molecule has 1 unspecified atom stereocenters. The van der Waals surface area contributed by atoms with Crippen LogP contribution in [0.3, 0.4) is 0 Å². The molecule has 2 aliphatic rings. The van der Waals surface area contributed by atoms with Crippen LogP contribution >= 0.6 is 0 Å². The standard InChI is InChI=1S/C15H19NO6/c1-9-12(18-3)22-11(16-9)10-5-6-15(20-7-8-21-15)14(10,2)13(17)19-4/h5H,6-8H2,1-4H3. The van der Waals surface area contributed by atoms with Crippen LogP contribution in [0.5, 0.6) is 5.95 Å². The van der Waals surface area contributed by atoms with E-state index in [2.05, 4.69) is 4.98 Å². The summed E-state index contributed by atoms with van der Waals surface area (Å²) < 4.78 is 27.3. The number of hydrogen-bond acceptors (Lipinski definition) is 7. The Morgan fingerprint density at radius 1 is 1.32 bits per heavy atom. The van der Waals surface area contributed by atoms with Gasteiger partial charge >= 0.3 is 11.9 Å². The Hall–Kier alpha value is -1.86. The topological polar surface area (TPSA) is 80.0 Å². The number of ether oxygens (including phenoxy) is 4. The molecule has 7 nitrogen and oxygen atoms in total. The number of aryl methyl sites for hydroxylation is 1. The zero-order valence-corrected chi connectivity index (χ0v) is 13.1. The van der Waals surface area contributed by atoms with Gasteiger partial charge in [-0.1, -0.05) is 6.08 Å². The Balaban J connectivity index is 2.08. The zero-order valence-electron chi connectivity index (χ0n) is 13.1. The summed E-state index contributed by atoms with van der Waals surface area (Å²) in [6, 6.07) is 0. The number of methoxy groups -OCH3 is 2. The Morgan fingerprint density at radius 2 is 2.00 bits per heavy atom. The molecule has 1 aliphatic carbocycles. The first-order valence-corrected chi connectivity index (χ1v) is 7.07.